The van der Waals surface area contributed by atoms with Crippen LogP contribution in [0.3, 0.4) is 0 Å². The lowest BCUT2D eigenvalue weighted by atomic mass is 9.70. The van der Waals surface area contributed by atoms with Crippen LogP contribution in [0.15, 0.2) is 36.4 Å². The van der Waals surface area contributed by atoms with Crippen molar-refractivity contribution >= 4 is 18.5 Å². The number of aryl methyl sites for hydroxylation is 1. The van der Waals surface area contributed by atoms with Gasteiger partial charge in [-0.05, 0) is 65.7 Å². The first kappa shape index (κ1) is 24.5. The zero-order valence-electron chi connectivity index (χ0n) is 18.3. The monoisotopic (exact) mass is 458 g/mol. The molecule has 2 aromatic rings. The number of halogens is 2. The summed E-state index contributed by atoms with van der Waals surface area (Å²) in [6, 6.07) is 9.35. The van der Waals surface area contributed by atoms with Crippen molar-refractivity contribution in [2.45, 2.75) is 51.2 Å². The molecular weight excluding hydrogens is 433 g/mol. The summed E-state index contributed by atoms with van der Waals surface area (Å²) in [4.78, 5) is 12.5. The summed E-state index contributed by atoms with van der Waals surface area (Å²) in [6.07, 6.45) is -3.85. The Labute approximate surface area is 191 Å². The van der Waals surface area contributed by atoms with Gasteiger partial charge < -0.3 is 24.8 Å². The molecule has 4 aliphatic rings. The summed E-state index contributed by atoms with van der Waals surface area (Å²) < 4.78 is 39.4. The lowest BCUT2D eigenvalue weighted by Gasteiger charge is -2.23. The number of hydrogen-bond acceptors (Lipinski definition) is 6. The molecule has 0 fully saturated rings. The second kappa shape index (κ2) is 10.2. The van der Waals surface area contributed by atoms with Crippen LogP contribution in [0.5, 0.6) is 11.5 Å². The van der Waals surface area contributed by atoms with Crippen molar-refractivity contribution in [1.82, 2.24) is 5.32 Å². The van der Waals surface area contributed by atoms with Crippen LogP contribution in [0.2, 0.25) is 0 Å². The zero-order chi connectivity index (χ0) is 24.2. The molecule has 0 aromatic heterocycles. The Hall–Kier alpha value is -3.16. The average molecular weight is 458 g/mol. The molecule has 1 atom stereocenters. The number of nitriles is 1. The van der Waals surface area contributed by atoms with Gasteiger partial charge in [-0.1, -0.05) is 19.9 Å². The predicted molar refractivity (Wildman–Crippen MR) is 118 cm³/mol. The summed E-state index contributed by atoms with van der Waals surface area (Å²) in [5, 5.41) is 32.1. The van der Waals surface area contributed by atoms with Gasteiger partial charge in [0.05, 0.1) is 12.5 Å². The number of carbonyl (C=O) groups is 1. The van der Waals surface area contributed by atoms with Crippen molar-refractivity contribution in [1.29, 1.82) is 5.26 Å². The van der Waals surface area contributed by atoms with Gasteiger partial charge in [-0.25, -0.2) is 0 Å². The van der Waals surface area contributed by atoms with Gasteiger partial charge in [0, 0.05) is 5.56 Å². The predicted octanol–water partition coefficient (Wildman–Crippen LogP) is 2.50. The molecule has 0 radical (unpaired) electrons. The fourth-order valence-corrected chi connectivity index (χ4v) is 3.81. The molecule has 10 heteroatoms. The van der Waals surface area contributed by atoms with Crippen LogP contribution in [0.4, 0.5) is 8.78 Å². The number of nitrogens with one attached hydrogen (secondary N) is 1. The summed E-state index contributed by atoms with van der Waals surface area (Å²) >= 11 is 0. The fourth-order valence-electron chi connectivity index (χ4n) is 3.81. The minimum Gasteiger partial charge on any atom is -0.490 e. The van der Waals surface area contributed by atoms with E-state index in [-0.39, 0.29) is 42.1 Å². The lowest BCUT2D eigenvalue weighted by Crippen LogP contribution is -2.39. The number of nitrogens with zero attached hydrogens (tertiary/aromatic N) is 1. The summed E-state index contributed by atoms with van der Waals surface area (Å²) in [7, 11) is -1.84. The minimum atomic E-state index is -3.46. The highest BCUT2D eigenvalue weighted by molar-refractivity contribution is 6.60. The second-order valence-electron chi connectivity index (χ2n) is 8.16. The topological polar surface area (TPSA) is 112 Å². The number of ether oxygens (including phenoxy) is 2. The van der Waals surface area contributed by atoms with Gasteiger partial charge in [-0.15, -0.1) is 0 Å². The molecule has 0 saturated carbocycles. The van der Waals surface area contributed by atoms with Crippen LogP contribution in [0, 0.1) is 11.3 Å². The minimum absolute atomic E-state index is 0.0292. The van der Waals surface area contributed by atoms with Crippen LogP contribution in [-0.4, -0.2) is 41.8 Å². The molecule has 0 saturated heterocycles. The lowest BCUT2D eigenvalue weighted by molar-refractivity contribution is -0.181. The Kier molecular flexibility index (Phi) is 7.56. The number of carbonyl (C=O) groups excluding carboxylic acids is 1. The normalized spacial score (nSPS) is 18.5. The quantitative estimate of drug-likeness (QED) is 0.597. The van der Waals surface area contributed by atoms with E-state index < -0.39 is 31.6 Å². The smallest absolute Gasteiger partial charge is 0.489 e. The first-order chi connectivity index (χ1) is 15.6. The van der Waals surface area contributed by atoms with Crippen LogP contribution in [-0.2, 0) is 6.42 Å². The molecular formula is C23H25BF2N2O5. The van der Waals surface area contributed by atoms with Crippen LogP contribution < -0.4 is 20.3 Å². The van der Waals surface area contributed by atoms with Crippen LogP contribution in [0.25, 0.3) is 0 Å². The van der Waals surface area contributed by atoms with Crippen molar-refractivity contribution in [3.63, 3.8) is 0 Å². The van der Waals surface area contributed by atoms with Crippen LogP contribution in [0.1, 0.15) is 54.1 Å². The molecule has 4 bridgehead atoms. The molecule has 2 aromatic carbocycles. The molecule has 4 heterocycles. The fraction of sp³-hybridized carbons (Fsp3) is 0.391. The van der Waals surface area contributed by atoms with E-state index in [1.807, 2.05) is 19.9 Å². The highest BCUT2D eigenvalue weighted by atomic mass is 19.3. The molecule has 6 rings (SSSR count). The van der Waals surface area contributed by atoms with E-state index in [0.717, 1.165) is 0 Å². The van der Waals surface area contributed by atoms with Gasteiger partial charge >= 0.3 is 13.2 Å². The first-order valence-corrected chi connectivity index (χ1v) is 10.6. The molecule has 0 aliphatic carbocycles. The summed E-state index contributed by atoms with van der Waals surface area (Å²) in [6.45, 7) is 3.49. The van der Waals surface area contributed by atoms with Gasteiger partial charge in [-0.3, -0.25) is 4.79 Å². The maximum absolute atomic E-state index is 14.4. The first-order valence-electron chi connectivity index (χ1n) is 10.6. The van der Waals surface area contributed by atoms with Crippen molar-refractivity contribution in [3.05, 3.63) is 53.1 Å². The third-order valence-electron chi connectivity index (χ3n) is 5.34. The van der Waals surface area contributed by atoms with Gasteiger partial charge in [0.1, 0.15) is 18.1 Å². The van der Waals surface area contributed by atoms with E-state index in [2.05, 4.69) is 5.32 Å². The number of benzene rings is 2. The molecule has 0 spiro atoms. The van der Waals surface area contributed by atoms with Crippen molar-refractivity contribution in [3.8, 4) is 17.6 Å². The number of amides is 1. The van der Waals surface area contributed by atoms with Crippen molar-refractivity contribution < 1.29 is 33.1 Å². The van der Waals surface area contributed by atoms with E-state index in [1.54, 1.807) is 12.1 Å². The number of hydrogen-bond donors (Lipinski definition) is 3. The maximum Gasteiger partial charge on any atom is 0.489 e. The van der Waals surface area contributed by atoms with Crippen molar-refractivity contribution in [2.75, 3.05) is 6.61 Å². The van der Waals surface area contributed by atoms with Gasteiger partial charge in [0.25, 0.3) is 5.91 Å². The largest absolute Gasteiger partial charge is 0.490 e. The molecule has 7 nitrogen and oxygen atoms in total. The number of rotatable bonds is 2. The Morgan fingerprint density at radius 3 is 2.52 bits per heavy atom. The third kappa shape index (κ3) is 6.00. The average Bonchev–Trinajstić information content (AvgIpc) is 2.75. The van der Waals surface area contributed by atoms with Gasteiger partial charge in [-0.2, -0.15) is 14.0 Å². The molecule has 1 unspecified atom stereocenters. The molecule has 33 heavy (non-hydrogen) atoms. The van der Waals surface area contributed by atoms with E-state index in [9.17, 15) is 28.9 Å². The Morgan fingerprint density at radius 1 is 1.21 bits per heavy atom. The van der Waals surface area contributed by atoms with Gasteiger partial charge in [0.15, 0.2) is 6.04 Å². The van der Waals surface area contributed by atoms with E-state index in [0.29, 0.717) is 16.9 Å². The number of alkyl halides is 2. The third-order valence-corrected chi connectivity index (χ3v) is 5.34. The SMILES string of the molecule is CC(C)c1c2ccc(c1B(O)O)CCCC(F)(F)Oc1ccc(cc1)C(=O)NC(C#N)CO2. The Morgan fingerprint density at radius 2 is 1.91 bits per heavy atom. The van der Waals surface area contributed by atoms with E-state index >= 15 is 0 Å². The maximum atomic E-state index is 14.4. The standard InChI is InChI=1S/C23H25BF2N2O5/c1-14(2)20-19-10-7-15(21(20)24(30)31)4-3-11-23(25,26)33-18-8-5-16(6-9-18)22(29)28-17(12-27)13-32-19/h5-10,14,17,30-31H,3-4,11,13H2,1-2H3,(H,28,29). The van der Waals surface area contributed by atoms with E-state index in [4.69, 9.17) is 9.47 Å². The summed E-state index contributed by atoms with van der Waals surface area (Å²) in [5.41, 5.74) is 1.38. The van der Waals surface area contributed by atoms with Crippen molar-refractivity contribution in [2.24, 2.45) is 0 Å². The zero-order valence-corrected chi connectivity index (χ0v) is 18.3. The molecule has 3 N–H and O–H groups in total. The Balaban J connectivity index is 2.01. The highest BCUT2D eigenvalue weighted by Gasteiger charge is 2.32. The molecule has 1 amide bonds. The molecule has 174 valence electrons. The Bertz CT molecular complexity index is 1040. The second-order valence-corrected chi connectivity index (χ2v) is 8.16. The van der Waals surface area contributed by atoms with Crippen LogP contribution >= 0.6 is 0 Å². The van der Waals surface area contributed by atoms with Gasteiger partial charge in [0.2, 0.25) is 0 Å². The summed E-state index contributed by atoms with van der Waals surface area (Å²) in [5.74, 6) is -0.545. The molecule has 4 aliphatic heterocycles. The van der Waals surface area contributed by atoms with E-state index in [1.165, 1.54) is 24.3 Å². The highest BCUT2D eigenvalue weighted by Crippen LogP contribution is 2.30.